The van der Waals surface area contributed by atoms with E-state index in [1.165, 1.54) is 72.9 Å². The number of hydrogen-bond acceptors (Lipinski definition) is 3. The largest absolute Gasteiger partial charge is 0.308 e. The minimum absolute atomic E-state index is 1.13. The summed E-state index contributed by atoms with van der Waals surface area (Å²) in [4.78, 5) is 2.47. The van der Waals surface area contributed by atoms with Crippen LogP contribution in [0.1, 0.15) is 0 Å². The van der Waals surface area contributed by atoms with Crippen molar-refractivity contribution in [2.75, 3.05) is 4.90 Å². The van der Waals surface area contributed by atoms with Crippen molar-refractivity contribution < 1.29 is 0 Å². The molecule has 11 rings (SSSR count). The molecule has 4 heteroatoms. The molecule has 0 aliphatic heterocycles. The minimum Gasteiger partial charge on any atom is -0.308 e. The molecule has 0 spiro atoms. The number of para-hydroxylation sites is 3. The third kappa shape index (κ3) is 4.07. The monoisotopic (exact) mass is 672 g/mol. The van der Waals surface area contributed by atoms with Gasteiger partial charge < -0.3 is 9.47 Å². The Morgan fingerprint density at radius 1 is 0.400 bits per heavy atom. The highest BCUT2D eigenvalue weighted by molar-refractivity contribution is 7.26. The molecule has 0 fully saturated rings. The van der Waals surface area contributed by atoms with Gasteiger partial charge in [-0.2, -0.15) is 0 Å². The van der Waals surface area contributed by atoms with Gasteiger partial charge in [0, 0.05) is 68.2 Å². The second kappa shape index (κ2) is 10.8. The molecule has 50 heavy (non-hydrogen) atoms. The second-order valence-electron chi connectivity index (χ2n) is 12.9. The predicted molar refractivity (Wildman–Crippen MR) is 219 cm³/mol. The van der Waals surface area contributed by atoms with Crippen LogP contribution in [0.25, 0.3) is 78.6 Å². The molecule has 0 N–H and O–H groups in total. The molecule has 0 aliphatic rings. The summed E-state index contributed by atoms with van der Waals surface area (Å²) in [6.07, 6.45) is 0. The third-order valence-corrected chi connectivity index (χ3v) is 12.4. The summed E-state index contributed by atoms with van der Waals surface area (Å²) in [5, 5.41) is 10.3. The first-order valence-corrected chi connectivity index (χ1v) is 18.6. The van der Waals surface area contributed by atoms with E-state index in [1.54, 1.807) is 0 Å². The lowest BCUT2D eigenvalue weighted by atomic mass is 10.0. The van der Waals surface area contributed by atoms with Crippen molar-refractivity contribution in [3.63, 3.8) is 0 Å². The summed E-state index contributed by atoms with van der Waals surface area (Å²) in [6, 6.07) is 62.5. The van der Waals surface area contributed by atoms with Gasteiger partial charge in [-0.1, -0.05) is 103 Å². The highest BCUT2D eigenvalue weighted by Crippen LogP contribution is 2.47. The Kier molecular flexibility index (Phi) is 6.03. The third-order valence-electron chi connectivity index (χ3n) is 10.1. The van der Waals surface area contributed by atoms with Crippen LogP contribution < -0.4 is 4.90 Å². The molecule has 3 aromatic heterocycles. The van der Waals surface area contributed by atoms with E-state index in [4.69, 9.17) is 0 Å². The molecule has 11 aromatic rings. The van der Waals surface area contributed by atoms with Gasteiger partial charge in [0.25, 0.3) is 0 Å². The number of fused-ring (bicyclic) bond motifs is 11. The zero-order valence-electron chi connectivity index (χ0n) is 26.9. The highest BCUT2D eigenvalue weighted by Gasteiger charge is 2.22. The van der Waals surface area contributed by atoms with E-state index in [9.17, 15) is 0 Å². The Bertz CT molecular complexity index is 3110. The number of benzene rings is 8. The number of hydrogen-bond donors (Lipinski definition) is 0. The molecule has 0 saturated carbocycles. The van der Waals surface area contributed by atoms with Crippen LogP contribution in [0.15, 0.2) is 170 Å². The first kappa shape index (κ1) is 28.0. The van der Waals surface area contributed by atoms with E-state index in [-0.39, 0.29) is 0 Å². The number of anilines is 3. The molecule has 8 aromatic carbocycles. The van der Waals surface area contributed by atoms with Gasteiger partial charge in [0.05, 0.1) is 16.7 Å². The molecule has 234 valence electrons. The van der Waals surface area contributed by atoms with Crippen molar-refractivity contribution in [2.24, 2.45) is 0 Å². The molecule has 2 nitrogen and oxygen atoms in total. The van der Waals surface area contributed by atoms with Crippen LogP contribution in [0.2, 0.25) is 0 Å². The van der Waals surface area contributed by atoms with E-state index < -0.39 is 0 Å². The quantitative estimate of drug-likeness (QED) is 0.181. The zero-order chi connectivity index (χ0) is 32.8. The van der Waals surface area contributed by atoms with Crippen molar-refractivity contribution in [1.82, 2.24) is 4.57 Å². The van der Waals surface area contributed by atoms with Crippen molar-refractivity contribution in [3.05, 3.63) is 170 Å². The molecule has 0 unspecified atom stereocenters. The fourth-order valence-electron chi connectivity index (χ4n) is 7.99. The summed E-state index contributed by atoms with van der Waals surface area (Å²) in [5.74, 6) is 0. The lowest BCUT2D eigenvalue weighted by molar-refractivity contribution is 1.17. The van der Waals surface area contributed by atoms with Gasteiger partial charge in [0.15, 0.2) is 0 Å². The van der Waals surface area contributed by atoms with Crippen LogP contribution in [0.3, 0.4) is 0 Å². The highest BCUT2D eigenvalue weighted by atomic mass is 32.1. The Morgan fingerprint density at radius 3 is 1.90 bits per heavy atom. The molecule has 3 heterocycles. The maximum atomic E-state index is 2.47. The molecular weight excluding hydrogens is 645 g/mol. The Balaban J connectivity index is 1.23. The van der Waals surface area contributed by atoms with Gasteiger partial charge >= 0.3 is 0 Å². The molecule has 0 radical (unpaired) electrons. The molecular formula is C46H28N2S2. The normalized spacial score (nSPS) is 12.0. The summed E-state index contributed by atoms with van der Waals surface area (Å²) in [6.45, 7) is 0. The SMILES string of the molecule is c1ccc(-n2c3ccccc3c3cccc(N(c4ccc5c(ccc6sc7ccccc7c65)c4)c4ccc5c(c4)sc4ccccc45)c32)cc1. The maximum Gasteiger partial charge on any atom is 0.0782 e. The zero-order valence-corrected chi connectivity index (χ0v) is 28.5. The van der Waals surface area contributed by atoms with E-state index in [0.717, 1.165) is 22.7 Å². The smallest absolute Gasteiger partial charge is 0.0782 e. The summed E-state index contributed by atoms with van der Waals surface area (Å²) < 4.78 is 7.70. The van der Waals surface area contributed by atoms with Gasteiger partial charge in [-0.05, 0) is 77.5 Å². The van der Waals surface area contributed by atoms with Crippen LogP contribution in [0.4, 0.5) is 17.1 Å². The van der Waals surface area contributed by atoms with Gasteiger partial charge in [-0.15, -0.1) is 22.7 Å². The number of rotatable bonds is 4. The lowest BCUT2D eigenvalue weighted by Gasteiger charge is -2.27. The fraction of sp³-hybridized carbons (Fsp3) is 0. The first-order chi connectivity index (χ1) is 24.8. The molecule has 0 saturated heterocycles. The lowest BCUT2D eigenvalue weighted by Crippen LogP contribution is -2.11. The Morgan fingerprint density at radius 2 is 1.04 bits per heavy atom. The van der Waals surface area contributed by atoms with Crippen molar-refractivity contribution in [1.29, 1.82) is 0 Å². The van der Waals surface area contributed by atoms with Crippen LogP contribution in [0, 0.1) is 0 Å². The number of aromatic nitrogens is 1. The van der Waals surface area contributed by atoms with Crippen LogP contribution in [-0.2, 0) is 0 Å². The van der Waals surface area contributed by atoms with Crippen molar-refractivity contribution >= 4 is 113 Å². The van der Waals surface area contributed by atoms with E-state index in [0.29, 0.717) is 0 Å². The van der Waals surface area contributed by atoms with Gasteiger partial charge in [0.2, 0.25) is 0 Å². The minimum atomic E-state index is 1.13. The van der Waals surface area contributed by atoms with Crippen molar-refractivity contribution in [3.8, 4) is 5.69 Å². The topological polar surface area (TPSA) is 8.17 Å². The van der Waals surface area contributed by atoms with Gasteiger partial charge in [0.1, 0.15) is 0 Å². The van der Waals surface area contributed by atoms with Crippen LogP contribution >= 0.6 is 22.7 Å². The van der Waals surface area contributed by atoms with Gasteiger partial charge in [-0.3, -0.25) is 0 Å². The Labute approximate surface area is 296 Å². The summed E-state index contributed by atoms with van der Waals surface area (Å²) >= 11 is 3.74. The summed E-state index contributed by atoms with van der Waals surface area (Å²) in [7, 11) is 0. The predicted octanol–water partition coefficient (Wildman–Crippen LogP) is 14.1. The molecule has 0 bridgehead atoms. The molecule has 0 amide bonds. The van der Waals surface area contributed by atoms with E-state index >= 15 is 0 Å². The fourth-order valence-corrected chi connectivity index (χ4v) is 10.2. The first-order valence-electron chi connectivity index (χ1n) is 16.9. The number of nitrogens with zero attached hydrogens (tertiary/aromatic N) is 2. The van der Waals surface area contributed by atoms with Crippen molar-refractivity contribution in [2.45, 2.75) is 0 Å². The van der Waals surface area contributed by atoms with E-state index in [1.807, 2.05) is 22.7 Å². The molecule has 0 aliphatic carbocycles. The average Bonchev–Trinajstić information content (AvgIpc) is 3.85. The van der Waals surface area contributed by atoms with Gasteiger partial charge in [-0.25, -0.2) is 0 Å². The Hall–Kier alpha value is -5.94. The standard InChI is InChI=1S/C46H28N2S2/c1-2-11-30(12-3-1)48-39-17-7-4-13-34(39)37-16-10-18-40(46(37)48)47(32-23-25-36-35-14-5-8-19-41(35)50-44(36)28-32)31-22-24-33-29(27-31)21-26-43-45(33)38-15-6-9-20-42(38)49-43/h1-28H. The summed E-state index contributed by atoms with van der Waals surface area (Å²) in [5.41, 5.74) is 6.96. The van der Waals surface area contributed by atoms with Crippen LogP contribution in [-0.4, -0.2) is 4.57 Å². The average molecular weight is 673 g/mol. The maximum absolute atomic E-state index is 2.47. The van der Waals surface area contributed by atoms with E-state index in [2.05, 4.69) is 179 Å². The van der Waals surface area contributed by atoms with Crippen LogP contribution in [0.5, 0.6) is 0 Å². The number of thiophene rings is 2. The molecule has 0 atom stereocenters. The second-order valence-corrected chi connectivity index (χ2v) is 15.1.